The van der Waals surface area contributed by atoms with Crippen molar-refractivity contribution in [3.8, 4) is 11.8 Å². The molecule has 1 heterocycles. The summed E-state index contributed by atoms with van der Waals surface area (Å²) in [7, 11) is -3.78. The molecule has 21 heavy (non-hydrogen) atoms. The molecule has 6 heteroatoms. The maximum atomic E-state index is 12.2. The van der Waals surface area contributed by atoms with Crippen LogP contribution in [0.2, 0.25) is 0 Å². The molecule has 0 saturated carbocycles. The first-order valence-corrected chi connectivity index (χ1v) is 7.57. The molecular weight excluding hydrogens is 288 g/mol. The highest BCUT2D eigenvalue weighted by Gasteiger charge is 2.27. The molecule has 1 aliphatic rings. The Morgan fingerprint density at radius 3 is 2.52 bits per heavy atom. The van der Waals surface area contributed by atoms with Crippen molar-refractivity contribution in [2.24, 2.45) is 4.40 Å². The number of hydrogen-bond donors (Lipinski definition) is 0. The van der Waals surface area contributed by atoms with E-state index in [4.69, 9.17) is 10.00 Å². The summed E-state index contributed by atoms with van der Waals surface area (Å²) >= 11 is 0. The Bertz CT molecular complexity index is 892. The second-order valence-electron chi connectivity index (χ2n) is 4.61. The lowest BCUT2D eigenvalue weighted by atomic mass is 10.1. The molecule has 2 aromatic rings. The normalized spacial score (nSPS) is 15.3. The topological polar surface area (TPSA) is 79.5 Å². The van der Waals surface area contributed by atoms with Crippen LogP contribution in [0.5, 0.6) is 5.75 Å². The molecule has 2 aromatic carbocycles. The number of fused-ring (bicyclic) bond motifs is 1. The van der Waals surface area contributed by atoms with E-state index < -0.39 is 10.0 Å². The van der Waals surface area contributed by atoms with Crippen molar-refractivity contribution in [1.82, 2.24) is 0 Å². The van der Waals surface area contributed by atoms with Crippen molar-refractivity contribution in [1.29, 1.82) is 5.26 Å². The minimum absolute atomic E-state index is 0.0100. The first-order chi connectivity index (χ1) is 9.99. The van der Waals surface area contributed by atoms with Crippen molar-refractivity contribution in [2.45, 2.75) is 11.8 Å². The van der Waals surface area contributed by atoms with Crippen LogP contribution in [0.4, 0.5) is 0 Å². The van der Waals surface area contributed by atoms with E-state index in [1.54, 1.807) is 43.3 Å². The maximum absolute atomic E-state index is 12.2. The number of aryl methyl sites for hydroxylation is 1. The van der Waals surface area contributed by atoms with Gasteiger partial charge in [0.15, 0.2) is 0 Å². The number of nitrogens with zero attached hydrogens (tertiary/aromatic N) is 2. The Hall–Kier alpha value is -2.65. The summed E-state index contributed by atoms with van der Waals surface area (Å²) in [5.74, 6) is 0.269. The Labute approximate surface area is 122 Å². The van der Waals surface area contributed by atoms with Crippen molar-refractivity contribution in [2.75, 3.05) is 0 Å². The summed E-state index contributed by atoms with van der Waals surface area (Å²) in [6, 6.07) is 13.3. The Morgan fingerprint density at radius 2 is 1.86 bits per heavy atom. The molecular formula is C15H10N2O3S. The van der Waals surface area contributed by atoms with Crippen LogP contribution < -0.4 is 4.74 Å². The third kappa shape index (κ3) is 2.39. The van der Waals surface area contributed by atoms with Crippen molar-refractivity contribution in [3.63, 3.8) is 0 Å². The molecule has 0 spiro atoms. The third-order valence-electron chi connectivity index (χ3n) is 3.05. The van der Waals surface area contributed by atoms with Crippen LogP contribution in [-0.2, 0) is 10.0 Å². The summed E-state index contributed by atoms with van der Waals surface area (Å²) in [6.07, 6.45) is 0. The highest BCUT2D eigenvalue weighted by molar-refractivity contribution is 7.90. The van der Waals surface area contributed by atoms with E-state index in [0.717, 1.165) is 5.56 Å². The standard InChI is InChI=1S/C15H10N2O3S/c1-10-2-7-13-14(8-10)21(18,19)17-15(20-13)12-5-3-11(9-16)4-6-12/h2-8H,1H3. The zero-order valence-electron chi connectivity index (χ0n) is 11.1. The van der Waals surface area contributed by atoms with E-state index in [1.807, 2.05) is 6.07 Å². The quantitative estimate of drug-likeness (QED) is 0.809. The van der Waals surface area contributed by atoms with Gasteiger partial charge in [0.05, 0.1) is 11.6 Å². The van der Waals surface area contributed by atoms with Gasteiger partial charge in [-0.1, -0.05) is 6.07 Å². The number of sulfonamides is 1. The van der Waals surface area contributed by atoms with Crippen LogP contribution in [0.15, 0.2) is 51.8 Å². The summed E-state index contributed by atoms with van der Waals surface area (Å²) < 4.78 is 33.7. The molecule has 0 atom stereocenters. The fraction of sp³-hybridized carbons (Fsp3) is 0.0667. The highest BCUT2D eigenvalue weighted by atomic mass is 32.2. The molecule has 0 aliphatic carbocycles. The third-order valence-corrected chi connectivity index (χ3v) is 4.33. The second kappa shape index (κ2) is 4.72. The largest absolute Gasteiger partial charge is 0.436 e. The van der Waals surface area contributed by atoms with E-state index in [9.17, 15) is 8.42 Å². The fourth-order valence-electron chi connectivity index (χ4n) is 1.98. The lowest BCUT2D eigenvalue weighted by molar-refractivity contribution is 0.518. The van der Waals surface area contributed by atoms with Crippen LogP contribution in [0.3, 0.4) is 0 Å². The van der Waals surface area contributed by atoms with Crippen LogP contribution >= 0.6 is 0 Å². The molecule has 0 unspecified atom stereocenters. The van der Waals surface area contributed by atoms with Crippen LogP contribution in [0.1, 0.15) is 16.7 Å². The van der Waals surface area contributed by atoms with E-state index in [0.29, 0.717) is 11.1 Å². The van der Waals surface area contributed by atoms with E-state index in [-0.39, 0.29) is 16.5 Å². The van der Waals surface area contributed by atoms with E-state index in [1.165, 1.54) is 6.07 Å². The predicted molar refractivity (Wildman–Crippen MR) is 76.7 cm³/mol. The number of rotatable bonds is 1. The summed E-state index contributed by atoms with van der Waals surface area (Å²) in [5.41, 5.74) is 1.80. The number of hydrogen-bond acceptors (Lipinski definition) is 4. The van der Waals surface area contributed by atoms with Gasteiger partial charge in [-0.15, -0.1) is 4.40 Å². The van der Waals surface area contributed by atoms with Gasteiger partial charge in [0.25, 0.3) is 10.0 Å². The highest BCUT2D eigenvalue weighted by Crippen LogP contribution is 2.31. The molecule has 0 fully saturated rings. The van der Waals surface area contributed by atoms with Crippen molar-refractivity contribution < 1.29 is 13.2 Å². The molecule has 0 saturated heterocycles. The summed E-state index contributed by atoms with van der Waals surface area (Å²) in [4.78, 5) is 0.0693. The van der Waals surface area contributed by atoms with Gasteiger partial charge in [-0.25, -0.2) is 0 Å². The molecule has 0 amide bonds. The number of benzene rings is 2. The van der Waals surface area contributed by atoms with Gasteiger partial charge in [-0.2, -0.15) is 13.7 Å². The molecule has 0 bridgehead atoms. The van der Waals surface area contributed by atoms with Crippen molar-refractivity contribution in [3.05, 3.63) is 59.2 Å². The first-order valence-electron chi connectivity index (χ1n) is 6.13. The van der Waals surface area contributed by atoms with Crippen LogP contribution in [-0.4, -0.2) is 14.3 Å². The molecule has 3 rings (SSSR count). The molecule has 0 aromatic heterocycles. The van der Waals surface area contributed by atoms with Crippen molar-refractivity contribution >= 4 is 15.9 Å². The monoisotopic (exact) mass is 298 g/mol. The molecule has 0 radical (unpaired) electrons. The van der Waals surface area contributed by atoms with E-state index >= 15 is 0 Å². The summed E-state index contributed by atoms with van der Waals surface area (Å²) in [6.45, 7) is 1.80. The van der Waals surface area contributed by atoms with E-state index in [2.05, 4.69) is 4.40 Å². The Morgan fingerprint density at radius 1 is 1.14 bits per heavy atom. The smallest absolute Gasteiger partial charge is 0.289 e. The maximum Gasteiger partial charge on any atom is 0.289 e. The minimum atomic E-state index is -3.78. The average Bonchev–Trinajstić information content (AvgIpc) is 2.47. The van der Waals surface area contributed by atoms with Gasteiger partial charge in [-0.05, 0) is 48.9 Å². The Kier molecular flexibility index (Phi) is 3.00. The second-order valence-corrected chi connectivity index (χ2v) is 6.19. The number of ether oxygens (including phenoxy) is 1. The molecule has 0 N–H and O–H groups in total. The fourth-order valence-corrected chi connectivity index (χ4v) is 3.14. The van der Waals surface area contributed by atoms with Crippen LogP contribution in [0, 0.1) is 18.3 Å². The van der Waals surface area contributed by atoms with Gasteiger partial charge in [0, 0.05) is 5.56 Å². The van der Waals surface area contributed by atoms with Gasteiger partial charge in [-0.3, -0.25) is 0 Å². The zero-order chi connectivity index (χ0) is 15.0. The first kappa shape index (κ1) is 13.3. The average molecular weight is 298 g/mol. The molecule has 104 valence electrons. The van der Waals surface area contributed by atoms with Gasteiger partial charge < -0.3 is 4.74 Å². The summed E-state index contributed by atoms with van der Waals surface area (Å²) in [5, 5.41) is 8.77. The predicted octanol–water partition coefficient (Wildman–Crippen LogP) is 2.39. The zero-order valence-corrected chi connectivity index (χ0v) is 11.9. The SMILES string of the molecule is Cc1ccc2c(c1)S(=O)(=O)N=C(c1ccc(C#N)cc1)O2. The lowest BCUT2D eigenvalue weighted by Gasteiger charge is -2.17. The minimum Gasteiger partial charge on any atom is -0.436 e. The molecule has 5 nitrogen and oxygen atoms in total. The van der Waals surface area contributed by atoms with Gasteiger partial charge in [0.2, 0.25) is 5.90 Å². The number of nitriles is 1. The van der Waals surface area contributed by atoms with Crippen LogP contribution in [0.25, 0.3) is 0 Å². The van der Waals surface area contributed by atoms with Gasteiger partial charge >= 0.3 is 0 Å². The van der Waals surface area contributed by atoms with Gasteiger partial charge in [0.1, 0.15) is 10.6 Å². The molecule has 1 aliphatic heterocycles. The Balaban J connectivity index is 2.09. The lowest BCUT2D eigenvalue weighted by Crippen LogP contribution is -2.19.